The minimum atomic E-state index is -4.28. The molecule has 1 aromatic carbocycles. The Kier molecular flexibility index (Phi) is 4.43. The molecule has 1 unspecified atom stereocenters. The second kappa shape index (κ2) is 5.23. The van der Waals surface area contributed by atoms with Gasteiger partial charge in [0.25, 0.3) is 0 Å². The number of halogens is 4. The Morgan fingerprint density at radius 3 is 2.19 bits per heavy atom. The molecule has 0 radical (unpaired) electrons. The van der Waals surface area contributed by atoms with Crippen LogP contribution in [-0.4, -0.2) is 11.3 Å². The molecule has 0 heterocycles. The molecular weight excluding hydrogens is 305 g/mol. The van der Waals surface area contributed by atoms with Crippen LogP contribution >= 0.6 is 27.7 Å². The number of ketones is 1. The maximum Gasteiger partial charge on any atom is 0.446 e. The van der Waals surface area contributed by atoms with Crippen molar-refractivity contribution in [2.75, 3.05) is 0 Å². The fraction of sp³-hybridized carbons (Fsp3) is 0.300. The van der Waals surface area contributed by atoms with Gasteiger partial charge in [0.1, 0.15) is 5.78 Å². The highest BCUT2D eigenvalue weighted by Gasteiger charge is 2.29. The summed E-state index contributed by atoms with van der Waals surface area (Å²) >= 11 is 2.99. The van der Waals surface area contributed by atoms with Crippen LogP contribution in [0.1, 0.15) is 17.3 Å². The first-order valence-corrected chi connectivity index (χ1v) is 6.03. The molecule has 0 spiro atoms. The Morgan fingerprint density at radius 2 is 1.81 bits per heavy atom. The molecule has 0 amide bonds. The lowest BCUT2D eigenvalue weighted by Crippen LogP contribution is -2.01. The first-order valence-electron chi connectivity index (χ1n) is 4.30. The van der Waals surface area contributed by atoms with Gasteiger partial charge in [-0.25, -0.2) is 0 Å². The van der Waals surface area contributed by atoms with Gasteiger partial charge in [0.2, 0.25) is 0 Å². The predicted octanol–water partition coefficient (Wildman–Crippen LogP) is 4.32. The lowest BCUT2D eigenvalue weighted by Gasteiger charge is -2.08. The molecule has 0 aromatic heterocycles. The zero-order valence-electron chi connectivity index (χ0n) is 8.22. The molecule has 0 saturated carbocycles. The van der Waals surface area contributed by atoms with Gasteiger partial charge in [-0.05, 0) is 36.4 Å². The number of benzene rings is 1. The molecule has 0 N–H and O–H groups in total. The topological polar surface area (TPSA) is 17.1 Å². The molecule has 0 fully saturated rings. The molecule has 1 aromatic rings. The Balaban J connectivity index is 2.79. The van der Waals surface area contributed by atoms with E-state index in [-0.39, 0.29) is 22.4 Å². The van der Waals surface area contributed by atoms with Crippen molar-refractivity contribution in [3.63, 3.8) is 0 Å². The summed E-state index contributed by atoms with van der Waals surface area (Å²) in [5.74, 6) is -0.0868. The normalized spacial score (nSPS) is 13.6. The van der Waals surface area contributed by atoms with Crippen LogP contribution in [0.5, 0.6) is 0 Å². The smallest absolute Gasteiger partial charge is 0.298 e. The van der Waals surface area contributed by atoms with Crippen molar-refractivity contribution in [3.8, 4) is 0 Å². The molecule has 1 atom stereocenters. The van der Waals surface area contributed by atoms with Gasteiger partial charge in [-0.3, -0.25) is 4.79 Å². The van der Waals surface area contributed by atoms with Crippen LogP contribution in [0.2, 0.25) is 0 Å². The Hall–Kier alpha value is -0.490. The van der Waals surface area contributed by atoms with Crippen LogP contribution in [-0.2, 0) is 4.79 Å². The Bertz CT molecular complexity index is 375. The number of Topliss-reactive ketones (excluding diaryl/α,β-unsaturated/α-hetero) is 1. The summed E-state index contributed by atoms with van der Waals surface area (Å²) in [5, 5.41) is 0. The van der Waals surface area contributed by atoms with Crippen LogP contribution < -0.4 is 0 Å². The van der Waals surface area contributed by atoms with Crippen molar-refractivity contribution >= 4 is 33.5 Å². The minimum Gasteiger partial charge on any atom is -0.298 e. The zero-order valence-corrected chi connectivity index (χ0v) is 10.6. The molecule has 1 rings (SSSR count). The Labute approximate surface area is 104 Å². The van der Waals surface area contributed by atoms with Crippen molar-refractivity contribution in [2.45, 2.75) is 22.2 Å². The number of alkyl halides is 4. The molecule has 0 aliphatic heterocycles. The number of hydrogen-bond donors (Lipinski definition) is 0. The van der Waals surface area contributed by atoms with Crippen LogP contribution in [0.15, 0.2) is 29.2 Å². The van der Waals surface area contributed by atoms with Crippen molar-refractivity contribution in [3.05, 3.63) is 29.8 Å². The molecule has 0 aliphatic carbocycles. The fourth-order valence-corrected chi connectivity index (χ4v) is 1.92. The van der Waals surface area contributed by atoms with Gasteiger partial charge in [0, 0.05) is 4.90 Å². The zero-order chi connectivity index (χ0) is 12.3. The third kappa shape index (κ3) is 4.17. The van der Waals surface area contributed by atoms with Crippen molar-refractivity contribution in [2.24, 2.45) is 0 Å². The summed E-state index contributed by atoms with van der Waals surface area (Å²) in [6.45, 7) is 1.41. The van der Waals surface area contributed by atoms with Gasteiger partial charge < -0.3 is 0 Å². The number of thioether (sulfide) groups is 1. The van der Waals surface area contributed by atoms with Crippen LogP contribution in [0.25, 0.3) is 0 Å². The third-order valence-electron chi connectivity index (χ3n) is 1.76. The van der Waals surface area contributed by atoms with E-state index in [0.29, 0.717) is 5.56 Å². The summed E-state index contributed by atoms with van der Waals surface area (Å²) in [5.41, 5.74) is -3.63. The summed E-state index contributed by atoms with van der Waals surface area (Å²) in [4.78, 5) is 10.7. The van der Waals surface area contributed by atoms with E-state index in [1.165, 1.54) is 31.2 Å². The molecule has 88 valence electrons. The SMILES string of the molecule is CC(=O)C(Br)c1ccc(SC(F)(F)F)cc1. The van der Waals surface area contributed by atoms with E-state index in [1.54, 1.807) is 0 Å². The number of hydrogen-bond acceptors (Lipinski definition) is 2. The molecule has 1 nitrogen and oxygen atoms in total. The maximum atomic E-state index is 12.0. The van der Waals surface area contributed by atoms with Crippen molar-refractivity contribution in [1.82, 2.24) is 0 Å². The third-order valence-corrected chi connectivity index (χ3v) is 3.68. The first-order chi connectivity index (χ1) is 7.29. The second-order valence-corrected chi connectivity index (χ2v) is 5.14. The molecular formula is C10H8BrF3OS. The highest BCUT2D eigenvalue weighted by molar-refractivity contribution is 9.09. The average Bonchev–Trinajstić information content (AvgIpc) is 2.15. The van der Waals surface area contributed by atoms with E-state index < -0.39 is 10.3 Å². The largest absolute Gasteiger partial charge is 0.446 e. The lowest BCUT2D eigenvalue weighted by molar-refractivity contribution is -0.116. The van der Waals surface area contributed by atoms with Crippen molar-refractivity contribution in [1.29, 1.82) is 0 Å². The molecule has 0 saturated heterocycles. The predicted molar refractivity (Wildman–Crippen MR) is 60.7 cm³/mol. The highest BCUT2D eigenvalue weighted by Crippen LogP contribution is 2.37. The van der Waals surface area contributed by atoms with Gasteiger partial charge in [-0.1, -0.05) is 28.1 Å². The van der Waals surface area contributed by atoms with Crippen LogP contribution in [0.4, 0.5) is 13.2 Å². The van der Waals surface area contributed by atoms with Crippen LogP contribution in [0, 0.1) is 0 Å². The summed E-state index contributed by atoms with van der Waals surface area (Å²) < 4.78 is 36.1. The van der Waals surface area contributed by atoms with Gasteiger partial charge in [-0.15, -0.1) is 0 Å². The van der Waals surface area contributed by atoms with E-state index in [4.69, 9.17) is 0 Å². The summed E-state index contributed by atoms with van der Waals surface area (Å²) in [6, 6.07) is 5.72. The van der Waals surface area contributed by atoms with Crippen LogP contribution in [0.3, 0.4) is 0 Å². The van der Waals surface area contributed by atoms with E-state index in [9.17, 15) is 18.0 Å². The second-order valence-electron chi connectivity index (χ2n) is 3.09. The van der Waals surface area contributed by atoms with E-state index in [1.807, 2.05) is 0 Å². The Morgan fingerprint density at radius 1 is 1.31 bits per heavy atom. The van der Waals surface area contributed by atoms with Gasteiger partial charge >= 0.3 is 5.51 Å². The fourth-order valence-electron chi connectivity index (χ4n) is 1.07. The first kappa shape index (κ1) is 13.6. The minimum absolute atomic E-state index is 0.0868. The average molecular weight is 313 g/mol. The number of carbonyl (C=O) groups excluding carboxylic acids is 1. The monoisotopic (exact) mass is 312 g/mol. The van der Waals surface area contributed by atoms with E-state index >= 15 is 0 Å². The van der Waals surface area contributed by atoms with E-state index in [2.05, 4.69) is 15.9 Å². The lowest BCUT2D eigenvalue weighted by atomic mass is 10.1. The van der Waals surface area contributed by atoms with Gasteiger partial charge in [-0.2, -0.15) is 13.2 Å². The molecule has 16 heavy (non-hydrogen) atoms. The summed E-state index contributed by atoms with van der Waals surface area (Å²) in [6.07, 6.45) is 0. The van der Waals surface area contributed by atoms with E-state index in [0.717, 1.165) is 0 Å². The highest BCUT2D eigenvalue weighted by atomic mass is 79.9. The molecule has 0 bridgehead atoms. The van der Waals surface area contributed by atoms with Crippen molar-refractivity contribution < 1.29 is 18.0 Å². The quantitative estimate of drug-likeness (QED) is 0.610. The van der Waals surface area contributed by atoms with Gasteiger partial charge in [0.15, 0.2) is 0 Å². The molecule has 6 heteroatoms. The standard InChI is InChI=1S/C10H8BrF3OS/c1-6(15)9(11)7-2-4-8(5-3-7)16-10(12,13)14/h2-5,9H,1H3. The number of rotatable bonds is 3. The molecule has 0 aliphatic rings. The van der Waals surface area contributed by atoms with Gasteiger partial charge in [0.05, 0.1) is 4.83 Å². The number of carbonyl (C=O) groups is 1. The summed E-state index contributed by atoms with van der Waals surface area (Å²) in [7, 11) is 0. The maximum absolute atomic E-state index is 12.0.